The van der Waals surface area contributed by atoms with Gasteiger partial charge in [0.25, 0.3) is 0 Å². The van der Waals surface area contributed by atoms with Gasteiger partial charge in [-0.25, -0.2) is 4.99 Å². The summed E-state index contributed by atoms with van der Waals surface area (Å²) in [4.78, 5) is 4.40. The lowest BCUT2D eigenvalue weighted by molar-refractivity contribution is -0.137. The molecule has 130 valence electrons. The second-order valence-corrected chi connectivity index (χ2v) is 5.27. The molecule has 0 saturated heterocycles. The standard InChI is InChI=1S/C16H20F3N5/c1-3-20-15(22-9-13-10-23-24(2)11-13)21-8-12-5-4-6-14(7-12)16(17,18)19/h4-7,10-11H,3,8-9H2,1-2H3,(H2,20,21,22). The van der Waals surface area contributed by atoms with Crippen molar-refractivity contribution in [2.45, 2.75) is 26.2 Å². The summed E-state index contributed by atoms with van der Waals surface area (Å²) in [5, 5.41) is 10.2. The van der Waals surface area contributed by atoms with Crippen molar-refractivity contribution in [1.29, 1.82) is 0 Å². The lowest BCUT2D eigenvalue weighted by Crippen LogP contribution is -2.36. The molecular formula is C16H20F3N5. The molecule has 0 fully saturated rings. The molecule has 0 aliphatic rings. The smallest absolute Gasteiger partial charge is 0.357 e. The fraction of sp³-hybridized carbons (Fsp3) is 0.375. The molecule has 1 heterocycles. The minimum Gasteiger partial charge on any atom is -0.357 e. The molecule has 0 unspecified atom stereocenters. The van der Waals surface area contributed by atoms with Crippen molar-refractivity contribution in [3.63, 3.8) is 0 Å². The average Bonchev–Trinajstić information content (AvgIpc) is 2.95. The number of hydrogen-bond donors (Lipinski definition) is 2. The van der Waals surface area contributed by atoms with E-state index < -0.39 is 11.7 Å². The monoisotopic (exact) mass is 339 g/mol. The summed E-state index contributed by atoms with van der Waals surface area (Å²) >= 11 is 0. The van der Waals surface area contributed by atoms with Gasteiger partial charge in [-0.2, -0.15) is 18.3 Å². The zero-order chi connectivity index (χ0) is 17.6. The van der Waals surface area contributed by atoms with Gasteiger partial charge in [0, 0.05) is 31.9 Å². The van der Waals surface area contributed by atoms with Crippen LogP contribution in [0.5, 0.6) is 0 Å². The number of aromatic nitrogens is 2. The van der Waals surface area contributed by atoms with Crippen molar-refractivity contribution in [3.05, 3.63) is 53.3 Å². The number of rotatable bonds is 5. The molecule has 2 aromatic rings. The molecule has 0 aliphatic heterocycles. The van der Waals surface area contributed by atoms with Gasteiger partial charge >= 0.3 is 6.18 Å². The highest BCUT2D eigenvalue weighted by Crippen LogP contribution is 2.29. The quantitative estimate of drug-likeness (QED) is 0.650. The van der Waals surface area contributed by atoms with Crippen LogP contribution in [0.15, 0.2) is 41.7 Å². The normalized spacial score (nSPS) is 12.3. The first kappa shape index (κ1) is 17.8. The molecule has 1 aromatic heterocycles. The Balaban J connectivity index is 2.00. The first-order chi connectivity index (χ1) is 11.4. The molecule has 2 N–H and O–H groups in total. The van der Waals surface area contributed by atoms with Crippen LogP contribution in [0, 0.1) is 0 Å². The lowest BCUT2D eigenvalue weighted by Gasteiger charge is -2.12. The molecule has 0 radical (unpaired) electrons. The van der Waals surface area contributed by atoms with Crippen molar-refractivity contribution in [1.82, 2.24) is 20.4 Å². The highest BCUT2D eigenvalue weighted by Gasteiger charge is 2.30. The Morgan fingerprint density at radius 2 is 2.04 bits per heavy atom. The third-order valence-corrected chi connectivity index (χ3v) is 3.24. The van der Waals surface area contributed by atoms with Crippen LogP contribution in [0.3, 0.4) is 0 Å². The van der Waals surface area contributed by atoms with Crippen LogP contribution in [-0.2, 0) is 26.3 Å². The predicted molar refractivity (Wildman–Crippen MR) is 86.3 cm³/mol. The van der Waals surface area contributed by atoms with E-state index in [1.165, 1.54) is 6.07 Å². The summed E-state index contributed by atoms with van der Waals surface area (Å²) in [5.74, 6) is 0.541. The number of alkyl halides is 3. The van der Waals surface area contributed by atoms with Crippen LogP contribution in [-0.4, -0.2) is 22.3 Å². The Morgan fingerprint density at radius 3 is 2.67 bits per heavy atom. The number of benzene rings is 1. The van der Waals surface area contributed by atoms with Crippen molar-refractivity contribution >= 4 is 5.96 Å². The Bertz CT molecular complexity index is 691. The minimum absolute atomic E-state index is 0.253. The molecule has 0 aliphatic carbocycles. The Kier molecular flexibility index (Phi) is 5.83. The zero-order valence-corrected chi connectivity index (χ0v) is 13.6. The summed E-state index contributed by atoms with van der Waals surface area (Å²) in [7, 11) is 1.82. The fourth-order valence-corrected chi connectivity index (χ4v) is 2.11. The Labute approximate surface area is 138 Å². The molecule has 24 heavy (non-hydrogen) atoms. The lowest BCUT2D eigenvalue weighted by atomic mass is 10.1. The second-order valence-electron chi connectivity index (χ2n) is 5.27. The molecule has 2 rings (SSSR count). The van der Waals surface area contributed by atoms with Gasteiger partial charge in [-0.05, 0) is 24.6 Å². The van der Waals surface area contributed by atoms with Gasteiger partial charge in [-0.15, -0.1) is 0 Å². The van der Waals surface area contributed by atoms with Gasteiger partial charge in [0.15, 0.2) is 5.96 Å². The SMILES string of the molecule is CCNC(=NCc1cnn(C)c1)NCc1cccc(C(F)(F)F)c1. The van der Waals surface area contributed by atoms with Crippen LogP contribution < -0.4 is 10.6 Å². The predicted octanol–water partition coefficient (Wildman–Crippen LogP) is 2.69. The van der Waals surface area contributed by atoms with E-state index >= 15 is 0 Å². The van der Waals surface area contributed by atoms with Crippen LogP contribution >= 0.6 is 0 Å². The first-order valence-corrected chi connectivity index (χ1v) is 7.54. The van der Waals surface area contributed by atoms with Gasteiger partial charge in [-0.1, -0.05) is 12.1 Å². The van der Waals surface area contributed by atoms with E-state index in [2.05, 4.69) is 20.7 Å². The highest BCUT2D eigenvalue weighted by molar-refractivity contribution is 5.79. The molecule has 1 aromatic carbocycles. The van der Waals surface area contributed by atoms with Crippen molar-refractivity contribution in [3.8, 4) is 0 Å². The molecule has 0 bridgehead atoms. The largest absolute Gasteiger partial charge is 0.416 e. The molecule has 8 heteroatoms. The number of nitrogens with zero attached hydrogens (tertiary/aromatic N) is 3. The van der Waals surface area contributed by atoms with Crippen LogP contribution in [0.4, 0.5) is 13.2 Å². The molecular weight excluding hydrogens is 319 g/mol. The molecule has 0 atom stereocenters. The molecule has 0 amide bonds. The molecule has 0 spiro atoms. The minimum atomic E-state index is -4.34. The zero-order valence-electron chi connectivity index (χ0n) is 13.6. The van der Waals surface area contributed by atoms with Crippen LogP contribution in [0.25, 0.3) is 0 Å². The summed E-state index contributed by atoms with van der Waals surface area (Å²) in [6.45, 7) is 3.27. The second kappa shape index (κ2) is 7.85. The summed E-state index contributed by atoms with van der Waals surface area (Å²) in [5.41, 5.74) is 0.838. The average molecular weight is 339 g/mol. The first-order valence-electron chi connectivity index (χ1n) is 7.54. The van der Waals surface area contributed by atoms with Crippen molar-refractivity contribution in [2.75, 3.05) is 6.54 Å². The molecule has 5 nitrogen and oxygen atoms in total. The summed E-state index contributed by atoms with van der Waals surface area (Å²) < 4.78 is 39.9. The van der Waals surface area contributed by atoms with Crippen LogP contribution in [0.1, 0.15) is 23.6 Å². The number of nitrogens with one attached hydrogen (secondary N) is 2. The van der Waals surface area contributed by atoms with E-state index in [-0.39, 0.29) is 6.54 Å². The number of halogens is 3. The number of aliphatic imine (C=N–C) groups is 1. The summed E-state index contributed by atoms with van der Waals surface area (Å²) in [6.07, 6.45) is -0.755. The number of aryl methyl sites for hydroxylation is 1. The number of hydrogen-bond acceptors (Lipinski definition) is 2. The maximum atomic E-state index is 12.7. The van der Waals surface area contributed by atoms with E-state index in [4.69, 9.17) is 0 Å². The van der Waals surface area contributed by atoms with Gasteiger partial charge in [0.2, 0.25) is 0 Å². The summed E-state index contributed by atoms with van der Waals surface area (Å²) in [6, 6.07) is 5.25. The van der Waals surface area contributed by atoms with Crippen LogP contribution in [0.2, 0.25) is 0 Å². The maximum absolute atomic E-state index is 12.7. The third kappa shape index (κ3) is 5.29. The topological polar surface area (TPSA) is 54.2 Å². The van der Waals surface area contributed by atoms with E-state index in [1.807, 2.05) is 20.2 Å². The van der Waals surface area contributed by atoms with E-state index in [0.29, 0.717) is 24.6 Å². The highest BCUT2D eigenvalue weighted by atomic mass is 19.4. The van der Waals surface area contributed by atoms with Gasteiger partial charge in [0.05, 0.1) is 18.3 Å². The Hall–Kier alpha value is -2.51. The van der Waals surface area contributed by atoms with Crippen molar-refractivity contribution in [2.24, 2.45) is 12.0 Å². The van der Waals surface area contributed by atoms with Gasteiger partial charge < -0.3 is 10.6 Å². The Morgan fingerprint density at radius 1 is 1.25 bits per heavy atom. The van der Waals surface area contributed by atoms with Crippen molar-refractivity contribution < 1.29 is 13.2 Å². The van der Waals surface area contributed by atoms with E-state index in [0.717, 1.165) is 17.7 Å². The number of guanidine groups is 1. The fourth-order valence-electron chi connectivity index (χ4n) is 2.11. The maximum Gasteiger partial charge on any atom is 0.416 e. The molecule has 0 saturated carbocycles. The van der Waals surface area contributed by atoms with E-state index in [1.54, 1.807) is 16.9 Å². The third-order valence-electron chi connectivity index (χ3n) is 3.24. The van der Waals surface area contributed by atoms with Gasteiger partial charge in [-0.3, -0.25) is 4.68 Å². The van der Waals surface area contributed by atoms with Gasteiger partial charge in [0.1, 0.15) is 0 Å². The van der Waals surface area contributed by atoms with E-state index in [9.17, 15) is 13.2 Å².